The highest BCUT2D eigenvalue weighted by Gasteiger charge is 2.19. The van der Waals surface area contributed by atoms with Gasteiger partial charge >= 0.3 is 0 Å². The summed E-state index contributed by atoms with van der Waals surface area (Å²) in [5.74, 6) is 0.728. The quantitative estimate of drug-likeness (QED) is 0.817. The largest absolute Gasteiger partial charge is 0.351 e. The third kappa shape index (κ3) is 3.41. The van der Waals surface area contributed by atoms with Gasteiger partial charge in [0.2, 0.25) is 5.95 Å². The highest BCUT2D eigenvalue weighted by atomic mass is 15.2. The van der Waals surface area contributed by atoms with Crippen LogP contribution in [0.4, 0.5) is 5.95 Å². The molecule has 0 unspecified atom stereocenters. The first-order chi connectivity index (χ1) is 8.67. The Morgan fingerprint density at radius 2 is 1.94 bits per heavy atom. The van der Waals surface area contributed by atoms with Gasteiger partial charge in [-0.15, -0.1) is 0 Å². The third-order valence-electron chi connectivity index (χ3n) is 3.20. The molecular weight excluding hydrogens is 226 g/mol. The van der Waals surface area contributed by atoms with Crippen molar-refractivity contribution >= 4 is 5.95 Å². The van der Waals surface area contributed by atoms with Crippen LogP contribution in [0.25, 0.3) is 0 Å². The van der Waals surface area contributed by atoms with E-state index in [0.29, 0.717) is 12.6 Å². The molecule has 1 fully saturated rings. The predicted octanol–water partition coefficient (Wildman–Crippen LogP) is 1.49. The summed E-state index contributed by atoms with van der Waals surface area (Å²) in [4.78, 5) is 11.0. The molecule has 1 N–H and O–H groups in total. The van der Waals surface area contributed by atoms with Gasteiger partial charge in [-0.25, -0.2) is 9.97 Å². The lowest BCUT2D eigenvalue weighted by Gasteiger charge is -2.30. The Hall–Kier alpha value is -1.67. The maximum Gasteiger partial charge on any atom is 0.223 e. The van der Waals surface area contributed by atoms with Crippen LogP contribution >= 0.6 is 0 Å². The fourth-order valence-electron chi connectivity index (χ4n) is 2.31. The average Bonchev–Trinajstić information content (AvgIpc) is 2.31. The Labute approximate surface area is 108 Å². The number of likely N-dealkylation sites (tertiary alicyclic amines) is 1. The van der Waals surface area contributed by atoms with Crippen molar-refractivity contribution in [3.05, 3.63) is 17.5 Å². The molecule has 5 heteroatoms. The summed E-state index contributed by atoms with van der Waals surface area (Å²) in [6.07, 6.45) is 2.08. The van der Waals surface area contributed by atoms with E-state index < -0.39 is 0 Å². The molecule has 2 rings (SSSR count). The number of piperidine rings is 1. The van der Waals surface area contributed by atoms with Crippen molar-refractivity contribution in [1.82, 2.24) is 14.9 Å². The molecule has 0 bridgehead atoms. The van der Waals surface area contributed by atoms with Crippen LogP contribution in [0.3, 0.4) is 0 Å². The molecule has 5 nitrogen and oxygen atoms in total. The lowest BCUT2D eigenvalue weighted by atomic mass is 10.1. The Bertz CT molecular complexity index is 423. The fourth-order valence-corrected chi connectivity index (χ4v) is 2.31. The molecule has 0 aliphatic carbocycles. The van der Waals surface area contributed by atoms with Crippen molar-refractivity contribution in [2.24, 2.45) is 0 Å². The first-order valence-corrected chi connectivity index (χ1v) is 6.35. The third-order valence-corrected chi connectivity index (χ3v) is 3.20. The average molecular weight is 245 g/mol. The standard InChI is InChI=1S/C13H19N5/c1-10-9-11(2)16-13(15-10)17-12-3-6-18(7-4-12)8-5-14/h9,12H,3-4,6-8H2,1-2H3,(H,15,16,17). The Balaban J connectivity index is 1.90. The zero-order valence-electron chi connectivity index (χ0n) is 11.0. The number of hydrogen-bond donors (Lipinski definition) is 1. The maximum absolute atomic E-state index is 8.65. The Morgan fingerprint density at radius 1 is 1.33 bits per heavy atom. The smallest absolute Gasteiger partial charge is 0.223 e. The van der Waals surface area contributed by atoms with E-state index in [1.54, 1.807) is 0 Å². The predicted molar refractivity (Wildman–Crippen MR) is 70.2 cm³/mol. The molecule has 1 saturated heterocycles. The zero-order chi connectivity index (χ0) is 13.0. The second-order valence-corrected chi connectivity index (χ2v) is 4.83. The van der Waals surface area contributed by atoms with Gasteiger partial charge in [0.25, 0.3) is 0 Å². The van der Waals surface area contributed by atoms with Crippen molar-refractivity contribution in [2.75, 3.05) is 25.0 Å². The van der Waals surface area contributed by atoms with E-state index in [9.17, 15) is 0 Å². The molecule has 1 aliphatic heterocycles. The SMILES string of the molecule is Cc1cc(C)nc(NC2CCN(CC#N)CC2)n1. The van der Waals surface area contributed by atoms with Crippen molar-refractivity contribution in [2.45, 2.75) is 32.7 Å². The minimum absolute atomic E-state index is 0.418. The molecule has 0 atom stereocenters. The van der Waals surface area contributed by atoms with E-state index in [2.05, 4.69) is 26.3 Å². The van der Waals surface area contributed by atoms with Crippen molar-refractivity contribution < 1.29 is 0 Å². The number of nitrogens with one attached hydrogen (secondary N) is 1. The summed E-state index contributed by atoms with van der Waals surface area (Å²) in [6.45, 7) is 6.43. The van der Waals surface area contributed by atoms with E-state index in [4.69, 9.17) is 5.26 Å². The van der Waals surface area contributed by atoms with Gasteiger partial charge in [0, 0.05) is 30.5 Å². The maximum atomic E-state index is 8.65. The summed E-state index contributed by atoms with van der Waals surface area (Å²) < 4.78 is 0. The molecule has 0 radical (unpaired) electrons. The van der Waals surface area contributed by atoms with Crippen molar-refractivity contribution in [3.8, 4) is 6.07 Å². The molecule has 18 heavy (non-hydrogen) atoms. The van der Waals surface area contributed by atoms with E-state index in [1.807, 2.05) is 19.9 Å². The highest BCUT2D eigenvalue weighted by Crippen LogP contribution is 2.14. The lowest BCUT2D eigenvalue weighted by Crippen LogP contribution is -2.39. The second kappa shape index (κ2) is 5.78. The van der Waals surface area contributed by atoms with E-state index in [1.165, 1.54) is 0 Å². The minimum atomic E-state index is 0.418. The van der Waals surface area contributed by atoms with Crippen LogP contribution in [0.15, 0.2) is 6.07 Å². The highest BCUT2D eigenvalue weighted by molar-refractivity contribution is 5.29. The zero-order valence-corrected chi connectivity index (χ0v) is 11.0. The summed E-state index contributed by atoms with van der Waals surface area (Å²) >= 11 is 0. The van der Waals surface area contributed by atoms with Gasteiger partial charge in [0.15, 0.2) is 0 Å². The van der Waals surface area contributed by atoms with Crippen LogP contribution in [0, 0.1) is 25.2 Å². The first-order valence-electron chi connectivity index (χ1n) is 6.35. The topological polar surface area (TPSA) is 64.8 Å². The lowest BCUT2D eigenvalue weighted by molar-refractivity contribution is 0.242. The monoisotopic (exact) mass is 245 g/mol. The van der Waals surface area contributed by atoms with Crippen molar-refractivity contribution in [1.29, 1.82) is 5.26 Å². The number of nitriles is 1. The Morgan fingerprint density at radius 3 is 2.50 bits per heavy atom. The molecule has 0 aromatic carbocycles. The minimum Gasteiger partial charge on any atom is -0.351 e. The van der Waals surface area contributed by atoms with Gasteiger partial charge < -0.3 is 5.32 Å². The number of rotatable bonds is 3. The fraction of sp³-hybridized carbons (Fsp3) is 0.615. The van der Waals surface area contributed by atoms with E-state index >= 15 is 0 Å². The summed E-state index contributed by atoms with van der Waals surface area (Å²) in [6, 6.07) is 4.59. The van der Waals surface area contributed by atoms with Gasteiger partial charge in [0.05, 0.1) is 12.6 Å². The van der Waals surface area contributed by atoms with Gasteiger partial charge in [-0.1, -0.05) is 0 Å². The molecule has 1 aromatic rings. The number of hydrogen-bond acceptors (Lipinski definition) is 5. The van der Waals surface area contributed by atoms with Crippen LogP contribution in [-0.4, -0.2) is 40.5 Å². The molecule has 0 saturated carbocycles. The number of aryl methyl sites for hydroxylation is 2. The summed E-state index contributed by atoms with van der Waals surface area (Å²) in [5.41, 5.74) is 1.99. The summed E-state index contributed by atoms with van der Waals surface area (Å²) in [7, 11) is 0. The van der Waals surface area contributed by atoms with E-state index in [-0.39, 0.29) is 0 Å². The van der Waals surface area contributed by atoms with Crippen LogP contribution in [0.5, 0.6) is 0 Å². The van der Waals surface area contributed by atoms with E-state index in [0.717, 1.165) is 43.3 Å². The number of anilines is 1. The van der Waals surface area contributed by atoms with Crippen LogP contribution in [0.2, 0.25) is 0 Å². The molecule has 1 aliphatic rings. The van der Waals surface area contributed by atoms with Gasteiger partial charge in [-0.05, 0) is 32.8 Å². The molecule has 0 spiro atoms. The number of nitrogens with zero attached hydrogens (tertiary/aromatic N) is 4. The van der Waals surface area contributed by atoms with Crippen molar-refractivity contribution in [3.63, 3.8) is 0 Å². The van der Waals surface area contributed by atoms with Crippen LogP contribution in [0.1, 0.15) is 24.2 Å². The van der Waals surface area contributed by atoms with Gasteiger partial charge in [-0.2, -0.15) is 5.26 Å². The number of aromatic nitrogens is 2. The normalized spacial score (nSPS) is 17.4. The summed E-state index contributed by atoms with van der Waals surface area (Å²) in [5, 5.41) is 12.0. The first kappa shape index (κ1) is 12.8. The molecule has 2 heterocycles. The molecule has 96 valence electrons. The Kier molecular flexibility index (Phi) is 4.11. The molecule has 0 amide bonds. The second-order valence-electron chi connectivity index (χ2n) is 4.83. The van der Waals surface area contributed by atoms with Gasteiger partial charge in [-0.3, -0.25) is 4.90 Å². The van der Waals surface area contributed by atoms with Crippen LogP contribution < -0.4 is 5.32 Å². The van der Waals surface area contributed by atoms with Gasteiger partial charge in [0.1, 0.15) is 0 Å². The molecule has 1 aromatic heterocycles. The van der Waals surface area contributed by atoms with Crippen LogP contribution in [-0.2, 0) is 0 Å². The molecular formula is C13H19N5.